The van der Waals surface area contributed by atoms with Gasteiger partial charge in [0, 0.05) is 12.6 Å². The van der Waals surface area contributed by atoms with Crippen molar-refractivity contribution in [2.24, 2.45) is 0 Å². The van der Waals surface area contributed by atoms with E-state index in [1.54, 1.807) is 12.1 Å². The third-order valence-electron chi connectivity index (χ3n) is 3.43. The second-order valence-electron chi connectivity index (χ2n) is 4.88. The molecule has 0 fully saturated rings. The second kappa shape index (κ2) is 5.17. The molecule has 7 heteroatoms. The summed E-state index contributed by atoms with van der Waals surface area (Å²) in [6.07, 6.45) is -3.10. The molecule has 0 bridgehead atoms. The molecule has 0 unspecified atom stereocenters. The van der Waals surface area contributed by atoms with Crippen molar-refractivity contribution in [2.75, 3.05) is 6.61 Å². The molecule has 4 nitrogen and oxygen atoms in total. The minimum Gasteiger partial charge on any atom is -0.491 e. The SMILES string of the molecule is O[C@]1(c2cccc(OC(F)(F)F)c2)CCOc2cccnc21. The Bertz CT molecular complexity index is 690. The van der Waals surface area contributed by atoms with Crippen LogP contribution in [-0.4, -0.2) is 23.1 Å². The van der Waals surface area contributed by atoms with Crippen LogP contribution in [0.2, 0.25) is 0 Å². The molecule has 0 radical (unpaired) electrons. The van der Waals surface area contributed by atoms with E-state index in [2.05, 4.69) is 9.72 Å². The first-order valence-corrected chi connectivity index (χ1v) is 6.55. The largest absolute Gasteiger partial charge is 0.573 e. The predicted molar refractivity (Wildman–Crippen MR) is 70.5 cm³/mol. The number of fused-ring (bicyclic) bond motifs is 1. The molecule has 1 atom stereocenters. The first-order chi connectivity index (χ1) is 10.4. The number of hydrogen-bond donors (Lipinski definition) is 1. The molecular formula is C15H12F3NO3. The molecule has 0 saturated carbocycles. The molecule has 1 aromatic heterocycles. The number of benzene rings is 1. The van der Waals surface area contributed by atoms with Gasteiger partial charge in [-0.25, -0.2) is 0 Å². The van der Waals surface area contributed by atoms with Crippen LogP contribution in [0.4, 0.5) is 13.2 Å². The zero-order valence-electron chi connectivity index (χ0n) is 11.3. The highest BCUT2D eigenvalue weighted by atomic mass is 19.4. The van der Waals surface area contributed by atoms with E-state index in [9.17, 15) is 18.3 Å². The quantitative estimate of drug-likeness (QED) is 0.926. The fraction of sp³-hybridized carbons (Fsp3) is 0.267. The predicted octanol–water partition coefficient (Wildman–Crippen LogP) is 3.00. The van der Waals surface area contributed by atoms with Crippen LogP contribution in [0.25, 0.3) is 0 Å². The van der Waals surface area contributed by atoms with Gasteiger partial charge < -0.3 is 14.6 Å². The third kappa shape index (κ3) is 2.71. The van der Waals surface area contributed by atoms with Gasteiger partial charge in [0.15, 0.2) is 0 Å². The molecule has 1 aromatic carbocycles. The summed E-state index contributed by atoms with van der Waals surface area (Å²) in [7, 11) is 0. The fourth-order valence-electron chi connectivity index (χ4n) is 2.48. The van der Waals surface area contributed by atoms with Crippen molar-refractivity contribution in [3.8, 4) is 11.5 Å². The molecule has 116 valence electrons. The van der Waals surface area contributed by atoms with Crippen molar-refractivity contribution >= 4 is 0 Å². The Morgan fingerprint density at radius 2 is 2.05 bits per heavy atom. The highest BCUT2D eigenvalue weighted by Gasteiger charge is 2.39. The van der Waals surface area contributed by atoms with E-state index in [-0.39, 0.29) is 30.0 Å². The summed E-state index contributed by atoms with van der Waals surface area (Å²) >= 11 is 0. The van der Waals surface area contributed by atoms with E-state index < -0.39 is 12.0 Å². The van der Waals surface area contributed by atoms with Crippen LogP contribution in [0.3, 0.4) is 0 Å². The van der Waals surface area contributed by atoms with Gasteiger partial charge in [-0.3, -0.25) is 4.98 Å². The van der Waals surface area contributed by atoms with Gasteiger partial charge in [0.05, 0.1) is 6.61 Å². The molecule has 2 heterocycles. The minimum absolute atomic E-state index is 0.187. The summed E-state index contributed by atoms with van der Waals surface area (Å²) in [6, 6.07) is 8.59. The number of hydrogen-bond acceptors (Lipinski definition) is 4. The summed E-state index contributed by atoms with van der Waals surface area (Å²) in [5.74, 6) is 0.0285. The average molecular weight is 311 g/mol. The highest BCUT2D eigenvalue weighted by molar-refractivity contribution is 5.44. The maximum absolute atomic E-state index is 12.3. The Labute approximate surface area is 124 Å². The van der Waals surface area contributed by atoms with E-state index >= 15 is 0 Å². The van der Waals surface area contributed by atoms with E-state index in [1.165, 1.54) is 24.4 Å². The van der Waals surface area contributed by atoms with Crippen LogP contribution >= 0.6 is 0 Å². The molecule has 2 aromatic rings. The normalized spacial score (nSPS) is 20.9. The molecule has 0 amide bonds. The van der Waals surface area contributed by atoms with E-state index in [0.29, 0.717) is 5.75 Å². The topological polar surface area (TPSA) is 51.6 Å². The summed E-state index contributed by atoms with van der Waals surface area (Å²) in [6.45, 7) is 0.236. The van der Waals surface area contributed by atoms with E-state index in [4.69, 9.17) is 4.74 Å². The van der Waals surface area contributed by atoms with Gasteiger partial charge in [-0.15, -0.1) is 13.2 Å². The van der Waals surface area contributed by atoms with Gasteiger partial charge in [-0.05, 0) is 29.8 Å². The van der Waals surface area contributed by atoms with Crippen LogP contribution in [0.5, 0.6) is 11.5 Å². The number of ether oxygens (including phenoxy) is 2. The van der Waals surface area contributed by atoms with Crippen LogP contribution in [-0.2, 0) is 5.60 Å². The average Bonchev–Trinajstić information content (AvgIpc) is 2.46. The third-order valence-corrected chi connectivity index (χ3v) is 3.43. The molecular weight excluding hydrogens is 299 g/mol. The molecule has 1 N–H and O–H groups in total. The lowest BCUT2D eigenvalue weighted by molar-refractivity contribution is -0.274. The molecule has 3 rings (SSSR count). The van der Waals surface area contributed by atoms with Crippen molar-refractivity contribution in [3.05, 3.63) is 53.9 Å². The zero-order chi connectivity index (χ0) is 15.8. The Morgan fingerprint density at radius 3 is 2.82 bits per heavy atom. The number of aromatic nitrogens is 1. The van der Waals surface area contributed by atoms with E-state index in [1.807, 2.05) is 0 Å². The number of pyridine rings is 1. The Kier molecular flexibility index (Phi) is 3.44. The molecule has 0 aliphatic carbocycles. The van der Waals surface area contributed by atoms with Gasteiger partial charge in [0.2, 0.25) is 0 Å². The summed E-state index contributed by atoms with van der Waals surface area (Å²) in [4.78, 5) is 4.12. The van der Waals surface area contributed by atoms with Crippen molar-refractivity contribution < 1.29 is 27.8 Å². The van der Waals surface area contributed by atoms with Gasteiger partial charge in [-0.1, -0.05) is 12.1 Å². The Morgan fingerprint density at radius 1 is 1.23 bits per heavy atom. The van der Waals surface area contributed by atoms with Crippen LogP contribution in [0.1, 0.15) is 17.7 Å². The Balaban J connectivity index is 2.02. The fourth-order valence-corrected chi connectivity index (χ4v) is 2.48. The lowest BCUT2D eigenvalue weighted by Crippen LogP contribution is -2.35. The van der Waals surface area contributed by atoms with Crippen LogP contribution in [0.15, 0.2) is 42.6 Å². The number of halogens is 3. The van der Waals surface area contributed by atoms with Crippen LogP contribution < -0.4 is 9.47 Å². The highest BCUT2D eigenvalue weighted by Crippen LogP contribution is 2.41. The lowest BCUT2D eigenvalue weighted by atomic mass is 9.85. The number of rotatable bonds is 2. The summed E-state index contributed by atoms with van der Waals surface area (Å²) < 4.78 is 46.3. The smallest absolute Gasteiger partial charge is 0.491 e. The molecule has 1 aliphatic heterocycles. The maximum Gasteiger partial charge on any atom is 0.573 e. The van der Waals surface area contributed by atoms with Gasteiger partial charge in [-0.2, -0.15) is 0 Å². The molecule has 0 spiro atoms. The van der Waals surface area contributed by atoms with E-state index in [0.717, 1.165) is 6.07 Å². The molecule has 1 aliphatic rings. The monoisotopic (exact) mass is 311 g/mol. The minimum atomic E-state index is -4.78. The summed E-state index contributed by atoms with van der Waals surface area (Å²) in [5.41, 5.74) is -0.956. The standard InChI is InChI=1S/C15H12F3NO3/c16-15(17,18)22-11-4-1-3-10(9-11)14(20)6-8-21-12-5-2-7-19-13(12)14/h1-5,7,9,20H,6,8H2/t14-/m0/s1. The van der Waals surface area contributed by atoms with Crippen LogP contribution in [0, 0.1) is 0 Å². The number of alkyl halides is 3. The summed E-state index contributed by atoms with van der Waals surface area (Å²) in [5, 5.41) is 10.9. The van der Waals surface area contributed by atoms with Crippen molar-refractivity contribution in [2.45, 2.75) is 18.4 Å². The zero-order valence-corrected chi connectivity index (χ0v) is 11.3. The van der Waals surface area contributed by atoms with Gasteiger partial charge in [0.25, 0.3) is 0 Å². The van der Waals surface area contributed by atoms with Gasteiger partial charge in [0.1, 0.15) is 22.8 Å². The van der Waals surface area contributed by atoms with Crippen molar-refractivity contribution in [3.63, 3.8) is 0 Å². The Hall–Kier alpha value is -2.28. The second-order valence-corrected chi connectivity index (χ2v) is 4.88. The van der Waals surface area contributed by atoms with Crippen molar-refractivity contribution in [1.82, 2.24) is 4.98 Å². The molecule has 22 heavy (non-hydrogen) atoms. The number of aliphatic hydroxyl groups is 1. The first kappa shape index (κ1) is 14.6. The first-order valence-electron chi connectivity index (χ1n) is 6.55. The van der Waals surface area contributed by atoms with Gasteiger partial charge >= 0.3 is 6.36 Å². The number of nitrogens with zero attached hydrogens (tertiary/aromatic N) is 1. The van der Waals surface area contributed by atoms with Crippen molar-refractivity contribution in [1.29, 1.82) is 0 Å². The molecule has 0 saturated heterocycles. The maximum atomic E-state index is 12.3. The lowest BCUT2D eigenvalue weighted by Gasteiger charge is -2.33.